The van der Waals surface area contributed by atoms with Gasteiger partial charge in [-0.1, -0.05) is 26.0 Å². The van der Waals surface area contributed by atoms with Crippen LogP contribution in [-0.2, 0) is 16.3 Å². The minimum absolute atomic E-state index is 0.141. The number of H-pyrrole nitrogens is 1. The van der Waals surface area contributed by atoms with Gasteiger partial charge in [0.2, 0.25) is 0 Å². The second-order valence-electron chi connectivity index (χ2n) is 9.05. The molecule has 3 aromatic rings. The van der Waals surface area contributed by atoms with Gasteiger partial charge in [0.1, 0.15) is 17.8 Å². The van der Waals surface area contributed by atoms with Crippen LogP contribution in [-0.4, -0.2) is 41.1 Å². The molecule has 0 saturated heterocycles. The summed E-state index contributed by atoms with van der Waals surface area (Å²) in [6, 6.07) is 5.78. The summed E-state index contributed by atoms with van der Waals surface area (Å²) >= 11 is 0. The predicted molar refractivity (Wildman–Crippen MR) is 122 cm³/mol. The van der Waals surface area contributed by atoms with Crippen molar-refractivity contribution in [3.8, 4) is 0 Å². The maximum Gasteiger partial charge on any atom is 0.253 e. The zero-order valence-electron chi connectivity index (χ0n) is 18.2. The molecule has 9 heteroatoms. The van der Waals surface area contributed by atoms with Crippen molar-refractivity contribution in [2.24, 2.45) is 5.92 Å². The molecule has 3 heterocycles. The number of anilines is 1. The molecule has 0 bridgehead atoms. The Hall–Kier alpha value is -2.94. The van der Waals surface area contributed by atoms with E-state index in [2.05, 4.69) is 39.4 Å². The second kappa shape index (κ2) is 7.88. The number of sulfone groups is 1. The summed E-state index contributed by atoms with van der Waals surface area (Å²) in [6.45, 7) is 4.14. The van der Waals surface area contributed by atoms with Crippen LogP contribution >= 0.6 is 0 Å². The molecule has 0 unspecified atom stereocenters. The average molecular weight is 454 g/mol. The highest BCUT2D eigenvalue weighted by molar-refractivity contribution is 7.91. The molecule has 3 N–H and O–H groups in total. The monoisotopic (exact) mass is 453 g/mol. The average Bonchev–Trinajstić information content (AvgIpc) is 3.46. The van der Waals surface area contributed by atoms with Crippen molar-refractivity contribution < 1.29 is 13.2 Å². The summed E-state index contributed by atoms with van der Waals surface area (Å²) in [5.41, 5.74) is 2.86. The van der Waals surface area contributed by atoms with Crippen LogP contribution in [0.1, 0.15) is 60.6 Å². The van der Waals surface area contributed by atoms with Crippen molar-refractivity contribution in [2.45, 2.75) is 56.5 Å². The number of carbonyl (C=O) groups excluding carboxylic acids is 1. The van der Waals surface area contributed by atoms with Crippen molar-refractivity contribution in [3.05, 3.63) is 47.4 Å². The summed E-state index contributed by atoms with van der Waals surface area (Å²) in [6.07, 6.45) is 6.58. The van der Waals surface area contributed by atoms with Crippen LogP contribution in [0.25, 0.3) is 11.0 Å². The molecule has 1 atom stereocenters. The van der Waals surface area contributed by atoms with Crippen molar-refractivity contribution in [1.82, 2.24) is 20.3 Å². The van der Waals surface area contributed by atoms with E-state index in [9.17, 15) is 13.2 Å². The molecule has 2 aliphatic rings. The number of amides is 1. The summed E-state index contributed by atoms with van der Waals surface area (Å²) in [5, 5.41) is 7.13. The summed E-state index contributed by atoms with van der Waals surface area (Å²) in [4.78, 5) is 25.0. The first kappa shape index (κ1) is 20.9. The zero-order chi connectivity index (χ0) is 22.5. The lowest BCUT2D eigenvalue weighted by Gasteiger charge is -2.26. The Morgan fingerprint density at radius 2 is 2.03 bits per heavy atom. The Morgan fingerprint density at radius 3 is 2.78 bits per heavy atom. The number of fused-ring (bicyclic) bond motifs is 2. The molecule has 1 aliphatic heterocycles. The van der Waals surface area contributed by atoms with Gasteiger partial charge in [0.05, 0.1) is 27.6 Å². The topological polar surface area (TPSA) is 117 Å². The first-order valence-electron chi connectivity index (χ1n) is 11.1. The maximum absolute atomic E-state index is 12.8. The van der Waals surface area contributed by atoms with E-state index in [1.807, 2.05) is 12.1 Å². The number of rotatable bonds is 6. The molecule has 1 saturated carbocycles. The molecule has 1 fully saturated rings. The highest BCUT2D eigenvalue weighted by Crippen LogP contribution is 2.34. The lowest BCUT2D eigenvalue weighted by molar-refractivity contribution is 0.0952. The van der Waals surface area contributed by atoms with E-state index in [1.54, 1.807) is 12.3 Å². The number of aromatic nitrogens is 3. The molecule has 2 aromatic heterocycles. The molecular formula is C23H27N5O3S. The van der Waals surface area contributed by atoms with Gasteiger partial charge in [-0.05, 0) is 48.8 Å². The molecule has 168 valence electrons. The molecule has 0 spiro atoms. The Bertz CT molecular complexity index is 1290. The van der Waals surface area contributed by atoms with Crippen LogP contribution in [0.3, 0.4) is 0 Å². The van der Waals surface area contributed by atoms with Gasteiger partial charge in [-0.3, -0.25) is 4.79 Å². The number of hydrogen-bond donors (Lipinski definition) is 3. The molecule has 32 heavy (non-hydrogen) atoms. The van der Waals surface area contributed by atoms with E-state index in [1.165, 1.54) is 6.33 Å². The lowest BCUT2D eigenvalue weighted by Crippen LogP contribution is -2.25. The molecule has 0 radical (unpaired) electrons. The number of aryl methyl sites for hydroxylation is 1. The fourth-order valence-corrected chi connectivity index (χ4v) is 5.98. The smallest absolute Gasteiger partial charge is 0.253 e. The van der Waals surface area contributed by atoms with Gasteiger partial charge in [-0.2, -0.15) is 0 Å². The van der Waals surface area contributed by atoms with Crippen LogP contribution < -0.4 is 10.6 Å². The van der Waals surface area contributed by atoms with E-state index in [0.29, 0.717) is 33.7 Å². The van der Waals surface area contributed by atoms with Crippen molar-refractivity contribution in [3.63, 3.8) is 0 Å². The Morgan fingerprint density at radius 1 is 1.22 bits per heavy atom. The van der Waals surface area contributed by atoms with Gasteiger partial charge in [-0.25, -0.2) is 18.4 Å². The number of benzene rings is 1. The first-order valence-corrected chi connectivity index (χ1v) is 12.7. The summed E-state index contributed by atoms with van der Waals surface area (Å²) in [5.74, 6) is 0.750. The Kier molecular flexibility index (Phi) is 5.16. The fraction of sp³-hybridized carbons (Fsp3) is 0.435. The molecule has 1 amide bonds. The van der Waals surface area contributed by atoms with Gasteiger partial charge in [0.15, 0.2) is 9.84 Å². The summed E-state index contributed by atoms with van der Waals surface area (Å²) < 4.78 is 25.3. The number of carbonyl (C=O) groups is 1. The van der Waals surface area contributed by atoms with E-state index in [-0.39, 0.29) is 29.7 Å². The third-order valence-corrected chi connectivity index (χ3v) is 8.11. The molecule has 1 aromatic carbocycles. The van der Waals surface area contributed by atoms with Crippen LogP contribution in [0.5, 0.6) is 0 Å². The van der Waals surface area contributed by atoms with Crippen LogP contribution in [0, 0.1) is 5.92 Å². The predicted octanol–water partition coefficient (Wildman–Crippen LogP) is 3.38. The molecule has 1 aliphatic carbocycles. The number of aromatic amines is 1. The van der Waals surface area contributed by atoms with Gasteiger partial charge in [0, 0.05) is 12.2 Å². The van der Waals surface area contributed by atoms with E-state index >= 15 is 0 Å². The highest BCUT2D eigenvalue weighted by Gasteiger charge is 2.28. The third kappa shape index (κ3) is 3.85. The van der Waals surface area contributed by atoms with Gasteiger partial charge >= 0.3 is 0 Å². The van der Waals surface area contributed by atoms with Crippen molar-refractivity contribution >= 4 is 32.6 Å². The van der Waals surface area contributed by atoms with Crippen LogP contribution in [0.15, 0.2) is 35.6 Å². The number of nitrogens with one attached hydrogen (secondary N) is 3. The Balaban J connectivity index is 1.53. The number of nitrogens with zero attached hydrogens (tertiary/aromatic N) is 2. The Labute approximate surface area is 187 Å². The van der Waals surface area contributed by atoms with E-state index in [4.69, 9.17) is 0 Å². The minimum Gasteiger partial charge on any atom is -0.362 e. The van der Waals surface area contributed by atoms with E-state index < -0.39 is 9.84 Å². The highest BCUT2D eigenvalue weighted by atomic mass is 32.2. The largest absolute Gasteiger partial charge is 0.362 e. The quantitative estimate of drug-likeness (QED) is 0.527. The molecule has 5 rings (SSSR count). The first-order chi connectivity index (χ1) is 15.3. The number of hydrogen-bond acceptors (Lipinski definition) is 6. The molecular weight excluding hydrogens is 426 g/mol. The van der Waals surface area contributed by atoms with Gasteiger partial charge < -0.3 is 15.6 Å². The summed E-state index contributed by atoms with van der Waals surface area (Å²) in [7, 11) is -3.26. The lowest BCUT2D eigenvalue weighted by atomic mass is 9.94. The van der Waals surface area contributed by atoms with E-state index in [0.717, 1.165) is 30.4 Å². The third-order valence-electron chi connectivity index (χ3n) is 6.23. The fourth-order valence-electron chi connectivity index (χ4n) is 4.35. The van der Waals surface area contributed by atoms with Gasteiger partial charge in [0.25, 0.3) is 5.91 Å². The van der Waals surface area contributed by atoms with Crippen molar-refractivity contribution in [1.29, 1.82) is 0 Å². The van der Waals surface area contributed by atoms with Crippen molar-refractivity contribution in [2.75, 3.05) is 11.1 Å². The minimum atomic E-state index is -3.26. The van der Waals surface area contributed by atoms with Crippen LogP contribution in [0.2, 0.25) is 0 Å². The van der Waals surface area contributed by atoms with Gasteiger partial charge in [-0.15, -0.1) is 0 Å². The molecule has 8 nitrogen and oxygen atoms in total. The second-order valence-corrected chi connectivity index (χ2v) is 11.1. The normalized spacial score (nSPS) is 18.3. The zero-order valence-corrected chi connectivity index (χ0v) is 19.0. The SMILES string of the molecule is CC(C)[C@H](Nc1ncnc2[nH]cc(C(=O)NC3CC3)c12)c1ccc2c(c1)S(=O)(=O)CCC2. The maximum atomic E-state index is 12.8. The standard InChI is InChI=1S/C23H27N5O3S/c1-13(2)20(15-6-5-14-4-3-9-32(30,31)18(14)10-15)28-22-19-17(23(29)27-16-7-8-16)11-24-21(19)25-12-26-22/h5-6,10-13,16,20H,3-4,7-9H2,1-2H3,(H,27,29)(H2,24,25,26,28)/t20-/m0/s1. The van der Waals surface area contributed by atoms with Crippen LogP contribution in [0.4, 0.5) is 5.82 Å².